The van der Waals surface area contributed by atoms with Crippen molar-refractivity contribution in [3.63, 3.8) is 0 Å². The maximum absolute atomic E-state index is 12.7. The molecule has 0 aliphatic carbocycles. The molecule has 2 N–H and O–H groups in total. The Hall–Kier alpha value is -4.00. The second kappa shape index (κ2) is 9.24. The van der Waals surface area contributed by atoms with Crippen molar-refractivity contribution in [2.24, 2.45) is 0 Å². The molecule has 4 aromatic rings. The highest BCUT2D eigenvalue weighted by atomic mass is 16.2. The summed E-state index contributed by atoms with van der Waals surface area (Å²) in [5.74, 6) is 0.775. The summed E-state index contributed by atoms with van der Waals surface area (Å²) in [7, 11) is 0. The van der Waals surface area contributed by atoms with E-state index in [9.17, 15) is 9.59 Å². The van der Waals surface area contributed by atoms with E-state index in [1.54, 1.807) is 6.07 Å². The maximum Gasteiger partial charge on any atom is 0.251 e. The third-order valence-electron chi connectivity index (χ3n) is 5.86. The highest BCUT2D eigenvalue weighted by Gasteiger charge is 2.20. The molecule has 7 heteroatoms. The Bertz CT molecular complexity index is 1330. The zero-order valence-electron chi connectivity index (χ0n) is 18.3. The van der Waals surface area contributed by atoms with Gasteiger partial charge in [-0.3, -0.25) is 9.59 Å². The van der Waals surface area contributed by atoms with Crippen LogP contribution in [0.15, 0.2) is 66.7 Å². The minimum absolute atomic E-state index is 0.146. The van der Waals surface area contributed by atoms with Crippen LogP contribution in [-0.4, -0.2) is 41.4 Å². The van der Waals surface area contributed by atoms with Crippen molar-refractivity contribution in [3.8, 4) is 0 Å². The fourth-order valence-electron chi connectivity index (χ4n) is 4.14. The smallest absolute Gasteiger partial charge is 0.251 e. The predicted octanol–water partition coefficient (Wildman–Crippen LogP) is 4.14. The molecule has 0 saturated carbocycles. The number of aromatic nitrogens is 2. The van der Waals surface area contributed by atoms with Crippen molar-refractivity contribution >= 4 is 45.3 Å². The number of para-hydroxylation sites is 2. The van der Waals surface area contributed by atoms with Gasteiger partial charge >= 0.3 is 0 Å². The van der Waals surface area contributed by atoms with Gasteiger partial charge in [-0.05, 0) is 47.9 Å². The van der Waals surface area contributed by atoms with E-state index in [0.29, 0.717) is 17.2 Å². The molecule has 1 aliphatic rings. The number of amides is 2. The lowest BCUT2D eigenvalue weighted by atomic mass is 10.1. The molecule has 1 fully saturated rings. The van der Waals surface area contributed by atoms with Crippen LogP contribution < -0.4 is 15.5 Å². The van der Waals surface area contributed by atoms with E-state index in [0.717, 1.165) is 47.7 Å². The number of carbonyl (C=O) groups is 2. The SMILES string of the molecule is O=C(CCNC(=O)c1ccc2ccccc2c1)Nc1nc2ccccc2nc1N1CCCC1. The lowest BCUT2D eigenvalue weighted by molar-refractivity contribution is -0.116. The first kappa shape index (κ1) is 20.9. The van der Waals surface area contributed by atoms with Crippen LogP contribution in [-0.2, 0) is 4.79 Å². The first-order valence-electron chi connectivity index (χ1n) is 11.3. The molecule has 166 valence electrons. The van der Waals surface area contributed by atoms with Crippen LogP contribution in [0.2, 0.25) is 0 Å². The second-order valence-electron chi connectivity index (χ2n) is 8.19. The summed E-state index contributed by atoms with van der Waals surface area (Å²) in [5.41, 5.74) is 2.12. The van der Waals surface area contributed by atoms with E-state index in [-0.39, 0.29) is 24.8 Å². The number of nitrogens with zero attached hydrogens (tertiary/aromatic N) is 3. The monoisotopic (exact) mass is 439 g/mol. The molecule has 0 unspecified atom stereocenters. The summed E-state index contributed by atoms with van der Waals surface area (Å²) in [6.07, 6.45) is 2.35. The average Bonchev–Trinajstić information content (AvgIpc) is 3.38. The van der Waals surface area contributed by atoms with E-state index in [4.69, 9.17) is 4.98 Å². The standard InChI is InChI=1S/C26H25N5O2/c32-23(13-14-27-26(33)20-12-11-18-7-1-2-8-19(18)17-20)30-24-25(31-15-5-6-16-31)29-22-10-4-3-9-21(22)28-24/h1-4,7-12,17H,5-6,13-16H2,(H,27,33)(H,28,30,32). The summed E-state index contributed by atoms with van der Waals surface area (Å²) in [6.45, 7) is 2.03. The molecule has 3 aromatic carbocycles. The van der Waals surface area contributed by atoms with Crippen LogP contribution >= 0.6 is 0 Å². The Morgan fingerprint density at radius 1 is 0.848 bits per heavy atom. The molecule has 0 bridgehead atoms. The van der Waals surface area contributed by atoms with E-state index >= 15 is 0 Å². The van der Waals surface area contributed by atoms with Gasteiger partial charge in [0.15, 0.2) is 11.6 Å². The van der Waals surface area contributed by atoms with E-state index in [1.807, 2.05) is 60.7 Å². The third-order valence-corrected chi connectivity index (χ3v) is 5.86. The number of anilines is 2. The van der Waals surface area contributed by atoms with Crippen molar-refractivity contribution in [2.45, 2.75) is 19.3 Å². The summed E-state index contributed by atoms with van der Waals surface area (Å²) >= 11 is 0. The molecule has 1 saturated heterocycles. The van der Waals surface area contributed by atoms with Crippen LogP contribution in [0.1, 0.15) is 29.6 Å². The van der Waals surface area contributed by atoms with Gasteiger partial charge in [-0.25, -0.2) is 9.97 Å². The zero-order chi connectivity index (χ0) is 22.6. The van der Waals surface area contributed by atoms with Crippen LogP contribution in [0.4, 0.5) is 11.6 Å². The highest BCUT2D eigenvalue weighted by Crippen LogP contribution is 2.27. The normalized spacial score (nSPS) is 13.4. The van der Waals surface area contributed by atoms with Crippen LogP contribution in [0.25, 0.3) is 21.8 Å². The number of rotatable bonds is 6. The number of benzene rings is 3. The van der Waals surface area contributed by atoms with Gasteiger partial charge in [-0.1, -0.05) is 42.5 Å². The van der Waals surface area contributed by atoms with Gasteiger partial charge < -0.3 is 15.5 Å². The number of carbonyl (C=O) groups excluding carboxylic acids is 2. The van der Waals surface area contributed by atoms with Gasteiger partial charge in [0.05, 0.1) is 11.0 Å². The van der Waals surface area contributed by atoms with Crippen LogP contribution in [0, 0.1) is 0 Å². The molecule has 1 aromatic heterocycles. The first-order valence-corrected chi connectivity index (χ1v) is 11.3. The lowest BCUT2D eigenvalue weighted by Gasteiger charge is -2.20. The van der Waals surface area contributed by atoms with Crippen LogP contribution in [0.5, 0.6) is 0 Å². The third kappa shape index (κ3) is 4.62. The minimum atomic E-state index is -0.209. The number of hydrogen-bond donors (Lipinski definition) is 2. The van der Waals surface area contributed by atoms with E-state index in [1.165, 1.54) is 0 Å². The topological polar surface area (TPSA) is 87.2 Å². The molecule has 0 radical (unpaired) electrons. The molecule has 1 aliphatic heterocycles. The maximum atomic E-state index is 12.7. The molecule has 2 amide bonds. The molecule has 33 heavy (non-hydrogen) atoms. The number of nitrogens with one attached hydrogen (secondary N) is 2. The highest BCUT2D eigenvalue weighted by molar-refractivity contribution is 5.99. The largest absolute Gasteiger partial charge is 0.354 e. The molecule has 7 nitrogen and oxygen atoms in total. The van der Waals surface area contributed by atoms with Gasteiger partial charge in [-0.15, -0.1) is 0 Å². The molecule has 2 heterocycles. The Balaban J connectivity index is 1.24. The Morgan fingerprint density at radius 2 is 1.55 bits per heavy atom. The summed E-state index contributed by atoms with van der Waals surface area (Å²) < 4.78 is 0. The van der Waals surface area contributed by atoms with Crippen molar-refractivity contribution in [1.29, 1.82) is 0 Å². The van der Waals surface area contributed by atoms with E-state index < -0.39 is 0 Å². The Morgan fingerprint density at radius 3 is 2.33 bits per heavy atom. The summed E-state index contributed by atoms with van der Waals surface area (Å²) in [6, 6.07) is 21.1. The van der Waals surface area contributed by atoms with Crippen molar-refractivity contribution < 1.29 is 9.59 Å². The Labute approximate surface area is 191 Å². The quantitative estimate of drug-likeness (QED) is 0.471. The van der Waals surface area contributed by atoms with Gasteiger partial charge in [0.2, 0.25) is 5.91 Å². The number of fused-ring (bicyclic) bond motifs is 2. The van der Waals surface area contributed by atoms with Crippen molar-refractivity contribution in [3.05, 3.63) is 72.3 Å². The fourth-order valence-corrected chi connectivity index (χ4v) is 4.14. The number of hydrogen-bond acceptors (Lipinski definition) is 5. The second-order valence-corrected chi connectivity index (χ2v) is 8.19. The Kier molecular flexibility index (Phi) is 5.85. The molecular weight excluding hydrogens is 414 g/mol. The van der Waals surface area contributed by atoms with Crippen molar-refractivity contribution in [2.75, 3.05) is 29.9 Å². The minimum Gasteiger partial charge on any atom is -0.354 e. The molecule has 0 atom stereocenters. The van der Waals surface area contributed by atoms with Gasteiger partial charge in [0.1, 0.15) is 0 Å². The first-order chi connectivity index (χ1) is 16.2. The van der Waals surface area contributed by atoms with Gasteiger partial charge in [-0.2, -0.15) is 0 Å². The fraction of sp³-hybridized carbons (Fsp3) is 0.231. The van der Waals surface area contributed by atoms with E-state index in [2.05, 4.69) is 20.5 Å². The van der Waals surface area contributed by atoms with Crippen LogP contribution in [0.3, 0.4) is 0 Å². The molecule has 5 rings (SSSR count). The van der Waals surface area contributed by atoms with Gasteiger partial charge in [0, 0.05) is 31.6 Å². The molecule has 0 spiro atoms. The van der Waals surface area contributed by atoms with Crippen molar-refractivity contribution in [1.82, 2.24) is 15.3 Å². The lowest BCUT2D eigenvalue weighted by Crippen LogP contribution is -2.28. The predicted molar refractivity (Wildman–Crippen MR) is 131 cm³/mol. The van der Waals surface area contributed by atoms with Gasteiger partial charge in [0.25, 0.3) is 5.91 Å². The summed E-state index contributed by atoms with van der Waals surface area (Å²) in [4.78, 5) is 36.8. The molecular formula is C26H25N5O2. The summed E-state index contributed by atoms with van der Waals surface area (Å²) in [5, 5.41) is 7.83. The average molecular weight is 440 g/mol. The zero-order valence-corrected chi connectivity index (χ0v) is 18.3.